The standard InChI is InChI=1S/C13H19N3O3/c1-3-19-12(17)8-15(2)13(18)11-6-9(14)7-16(11)10-4-5-10/h6-7,10H,3-5,8,14H2,1-2H3. The van der Waals surface area contributed by atoms with E-state index in [4.69, 9.17) is 10.5 Å². The van der Waals surface area contributed by atoms with Crippen LogP contribution in [0.3, 0.4) is 0 Å². The lowest BCUT2D eigenvalue weighted by Gasteiger charge is -2.17. The number of esters is 1. The number of carbonyl (C=O) groups excluding carboxylic acids is 2. The van der Waals surface area contributed by atoms with Crippen LogP contribution in [0.5, 0.6) is 0 Å². The van der Waals surface area contributed by atoms with Crippen LogP contribution in [0.1, 0.15) is 36.3 Å². The van der Waals surface area contributed by atoms with Gasteiger partial charge in [0.1, 0.15) is 12.2 Å². The van der Waals surface area contributed by atoms with Gasteiger partial charge in [0.2, 0.25) is 0 Å². The van der Waals surface area contributed by atoms with E-state index in [9.17, 15) is 9.59 Å². The number of carbonyl (C=O) groups is 2. The molecule has 1 amide bonds. The van der Waals surface area contributed by atoms with E-state index in [0.29, 0.717) is 24.0 Å². The van der Waals surface area contributed by atoms with Crippen LogP contribution in [0.15, 0.2) is 12.3 Å². The number of hydrogen-bond donors (Lipinski definition) is 1. The van der Waals surface area contributed by atoms with Gasteiger partial charge in [-0.1, -0.05) is 0 Å². The van der Waals surface area contributed by atoms with Gasteiger partial charge in [0.05, 0.1) is 12.3 Å². The summed E-state index contributed by atoms with van der Waals surface area (Å²) in [6.07, 6.45) is 3.91. The second-order valence-corrected chi connectivity index (χ2v) is 4.76. The zero-order chi connectivity index (χ0) is 14.0. The molecule has 1 aliphatic rings. The summed E-state index contributed by atoms with van der Waals surface area (Å²) in [7, 11) is 1.58. The lowest BCUT2D eigenvalue weighted by molar-refractivity contribution is -0.143. The summed E-state index contributed by atoms with van der Waals surface area (Å²) in [5, 5.41) is 0. The van der Waals surface area contributed by atoms with E-state index in [1.165, 1.54) is 4.90 Å². The molecule has 0 spiro atoms. The van der Waals surface area contributed by atoms with Gasteiger partial charge in [-0.05, 0) is 25.8 Å². The number of rotatable bonds is 5. The van der Waals surface area contributed by atoms with E-state index in [1.807, 2.05) is 4.57 Å². The van der Waals surface area contributed by atoms with Crippen LogP contribution in [0, 0.1) is 0 Å². The van der Waals surface area contributed by atoms with Crippen LogP contribution in [-0.2, 0) is 9.53 Å². The van der Waals surface area contributed by atoms with Crippen LogP contribution in [0.4, 0.5) is 5.69 Å². The third kappa shape index (κ3) is 3.07. The van der Waals surface area contributed by atoms with Crippen molar-refractivity contribution < 1.29 is 14.3 Å². The van der Waals surface area contributed by atoms with Crippen molar-refractivity contribution in [3.05, 3.63) is 18.0 Å². The van der Waals surface area contributed by atoms with Crippen molar-refractivity contribution in [3.63, 3.8) is 0 Å². The quantitative estimate of drug-likeness (QED) is 0.807. The molecule has 1 aromatic heterocycles. The summed E-state index contributed by atoms with van der Waals surface area (Å²) in [6, 6.07) is 2.02. The van der Waals surface area contributed by atoms with Gasteiger partial charge in [-0.25, -0.2) is 0 Å². The molecule has 6 nitrogen and oxygen atoms in total. The summed E-state index contributed by atoms with van der Waals surface area (Å²) in [4.78, 5) is 25.0. The average molecular weight is 265 g/mol. The molecule has 0 unspecified atom stereocenters. The molecule has 0 aliphatic heterocycles. The molecule has 1 saturated carbocycles. The minimum absolute atomic E-state index is 0.0532. The highest BCUT2D eigenvalue weighted by Crippen LogP contribution is 2.37. The van der Waals surface area contributed by atoms with Gasteiger partial charge in [0.15, 0.2) is 0 Å². The Morgan fingerprint density at radius 3 is 2.79 bits per heavy atom. The molecule has 6 heteroatoms. The van der Waals surface area contributed by atoms with Gasteiger partial charge >= 0.3 is 5.97 Å². The molecular formula is C13H19N3O3. The van der Waals surface area contributed by atoms with Crippen LogP contribution in [0.2, 0.25) is 0 Å². The monoisotopic (exact) mass is 265 g/mol. The molecule has 0 aromatic carbocycles. The van der Waals surface area contributed by atoms with Crippen LogP contribution in [0.25, 0.3) is 0 Å². The van der Waals surface area contributed by atoms with E-state index >= 15 is 0 Å². The number of anilines is 1. The Hall–Kier alpha value is -1.98. The lowest BCUT2D eigenvalue weighted by Crippen LogP contribution is -2.34. The van der Waals surface area contributed by atoms with Crippen molar-refractivity contribution in [2.45, 2.75) is 25.8 Å². The number of nitrogens with two attached hydrogens (primary N) is 1. The number of nitrogen functional groups attached to an aromatic ring is 1. The Morgan fingerprint density at radius 1 is 1.53 bits per heavy atom. The normalized spacial score (nSPS) is 14.2. The molecule has 19 heavy (non-hydrogen) atoms. The summed E-state index contributed by atoms with van der Waals surface area (Å²) < 4.78 is 6.73. The average Bonchev–Trinajstić information content (AvgIpc) is 3.12. The Balaban J connectivity index is 2.08. The maximum Gasteiger partial charge on any atom is 0.325 e. The number of hydrogen-bond acceptors (Lipinski definition) is 4. The number of likely N-dealkylation sites (N-methyl/N-ethyl adjacent to an activating group) is 1. The molecule has 1 aliphatic carbocycles. The zero-order valence-corrected chi connectivity index (χ0v) is 11.3. The van der Waals surface area contributed by atoms with Gasteiger partial charge in [0, 0.05) is 19.3 Å². The molecule has 1 fully saturated rings. The Morgan fingerprint density at radius 2 is 2.21 bits per heavy atom. The predicted molar refractivity (Wildman–Crippen MR) is 70.7 cm³/mol. The van der Waals surface area contributed by atoms with Crippen LogP contribution in [-0.4, -0.2) is 41.5 Å². The fourth-order valence-electron chi connectivity index (χ4n) is 1.99. The molecule has 2 N–H and O–H groups in total. The topological polar surface area (TPSA) is 77.6 Å². The molecule has 0 atom stereocenters. The third-order valence-electron chi connectivity index (χ3n) is 3.05. The van der Waals surface area contributed by atoms with Crippen molar-refractivity contribution in [1.29, 1.82) is 0 Å². The van der Waals surface area contributed by atoms with E-state index in [1.54, 1.807) is 26.2 Å². The molecule has 2 rings (SSSR count). The highest BCUT2D eigenvalue weighted by Gasteiger charge is 2.29. The van der Waals surface area contributed by atoms with Crippen LogP contribution < -0.4 is 5.73 Å². The first-order valence-corrected chi connectivity index (χ1v) is 6.41. The van der Waals surface area contributed by atoms with E-state index < -0.39 is 5.97 Å². The van der Waals surface area contributed by atoms with E-state index in [-0.39, 0.29) is 12.5 Å². The first-order valence-electron chi connectivity index (χ1n) is 6.41. The minimum atomic E-state index is -0.407. The smallest absolute Gasteiger partial charge is 0.325 e. The second-order valence-electron chi connectivity index (χ2n) is 4.76. The molecule has 1 aromatic rings. The van der Waals surface area contributed by atoms with Gasteiger partial charge in [-0.15, -0.1) is 0 Å². The fraction of sp³-hybridized carbons (Fsp3) is 0.538. The minimum Gasteiger partial charge on any atom is -0.465 e. The fourth-order valence-corrected chi connectivity index (χ4v) is 1.99. The number of ether oxygens (including phenoxy) is 1. The van der Waals surface area contributed by atoms with Gasteiger partial charge in [0.25, 0.3) is 5.91 Å². The molecular weight excluding hydrogens is 246 g/mol. The van der Waals surface area contributed by atoms with Gasteiger partial charge in [-0.2, -0.15) is 0 Å². The predicted octanol–water partition coefficient (Wildman–Crippen LogP) is 1.04. The molecule has 0 bridgehead atoms. The number of nitrogens with zero attached hydrogens (tertiary/aromatic N) is 2. The SMILES string of the molecule is CCOC(=O)CN(C)C(=O)c1cc(N)cn1C1CC1. The molecule has 1 heterocycles. The van der Waals surface area contributed by atoms with Crippen molar-refractivity contribution in [2.75, 3.05) is 25.9 Å². The van der Waals surface area contributed by atoms with Crippen molar-refractivity contribution in [2.24, 2.45) is 0 Å². The number of amides is 1. The molecule has 0 saturated heterocycles. The first kappa shape index (κ1) is 13.5. The second kappa shape index (κ2) is 5.34. The summed E-state index contributed by atoms with van der Waals surface area (Å²) in [5.41, 5.74) is 6.85. The summed E-state index contributed by atoms with van der Waals surface area (Å²) >= 11 is 0. The lowest BCUT2D eigenvalue weighted by atomic mass is 10.3. The summed E-state index contributed by atoms with van der Waals surface area (Å²) in [6.45, 7) is 1.99. The van der Waals surface area contributed by atoms with Gasteiger partial charge in [-0.3, -0.25) is 9.59 Å². The zero-order valence-electron chi connectivity index (χ0n) is 11.3. The molecule has 104 valence electrons. The third-order valence-corrected chi connectivity index (χ3v) is 3.05. The van der Waals surface area contributed by atoms with Crippen molar-refractivity contribution >= 4 is 17.6 Å². The highest BCUT2D eigenvalue weighted by molar-refractivity contribution is 5.95. The van der Waals surface area contributed by atoms with Gasteiger partial charge < -0.3 is 19.9 Å². The van der Waals surface area contributed by atoms with E-state index in [2.05, 4.69) is 0 Å². The maximum absolute atomic E-state index is 12.3. The van der Waals surface area contributed by atoms with Crippen LogP contribution >= 0.6 is 0 Å². The largest absolute Gasteiger partial charge is 0.465 e. The van der Waals surface area contributed by atoms with Crippen molar-refractivity contribution in [1.82, 2.24) is 9.47 Å². The number of aromatic nitrogens is 1. The Kier molecular flexibility index (Phi) is 3.78. The van der Waals surface area contributed by atoms with E-state index in [0.717, 1.165) is 12.8 Å². The maximum atomic E-state index is 12.3. The highest BCUT2D eigenvalue weighted by atomic mass is 16.5. The summed E-state index contributed by atoms with van der Waals surface area (Å²) in [5.74, 6) is -0.618. The molecule has 0 radical (unpaired) electrons. The Labute approximate surface area is 112 Å². The first-order chi connectivity index (χ1) is 9.02. The van der Waals surface area contributed by atoms with Crippen molar-refractivity contribution in [3.8, 4) is 0 Å². The Bertz CT molecular complexity index is 491.